The second-order valence-corrected chi connectivity index (χ2v) is 7.10. The second kappa shape index (κ2) is 11.7. The molecule has 0 radical (unpaired) electrons. The molecule has 0 heterocycles. The smallest absolute Gasteiger partial charge is 0.104 e. The van der Waals surface area contributed by atoms with Gasteiger partial charge in [-0.15, -0.1) is 0 Å². The first-order valence-electron chi connectivity index (χ1n) is 11.6. The van der Waals surface area contributed by atoms with Crippen molar-refractivity contribution in [3.8, 4) is 0 Å². The molecule has 0 aliphatic heterocycles. The third-order valence-electron chi connectivity index (χ3n) is 4.25. The normalized spacial score (nSPS) is 15.0. The molecule has 126 valence electrons. The van der Waals surface area contributed by atoms with Gasteiger partial charge in [-0.25, -0.2) is 0 Å². The van der Waals surface area contributed by atoms with Crippen LogP contribution in [0.3, 0.4) is 0 Å². The monoisotopic (exact) mass is 309 g/mol. The lowest BCUT2D eigenvalue weighted by atomic mass is 10.1. The zero-order chi connectivity index (χ0) is 20.4. The van der Waals surface area contributed by atoms with Crippen LogP contribution in [0.5, 0.6) is 0 Å². The molecule has 0 saturated heterocycles. The molecule has 0 aliphatic carbocycles. The first-order chi connectivity index (χ1) is 12.7. The van der Waals surface area contributed by atoms with E-state index in [-0.39, 0.29) is 30.2 Å². The van der Waals surface area contributed by atoms with E-state index in [1.807, 2.05) is 0 Å². The third kappa shape index (κ3) is 10.00. The van der Waals surface area contributed by atoms with E-state index in [2.05, 4.69) is 21.0 Å². The Balaban J connectivity index is 2.39. The standard InChI is InChI=1S/C21H38N/c1-4-5-6-7-8-9-10-11-12-16-19-22(2,3)20-21-17-14-13-15-18-21/h13-15,17-18H,4-12,16,19-20H2,1-3H3/q+1/i13D,14D,15D,17D,18D. The summed E-state index contributed by atoms with van der Waals surface area (Å²) in [4.78, 5) is 0. The minimum Gasteiger partial charge on any atom is -0.325 e. The van der Waals surface area contributed by atoms with Crippen LogP contribution in [0.2, 0.25) is 0 Å². The average molecular weight is 310 g/mol. The van der Waals surface area contributed by atoms with E-state index in [1.54, 1.807) is 0 Å². The molecule has 0 unspecified atom stereocenters. The van der Waals surface area contributed by atoms with Gasteiger partial charge in [-0.3, -0.25) is 0 Å². The summed E-state index contributed by atoms with van der Waals surface area (Å²) < 4.78 is 40.1. The van der Waals surface area contributed by atoms with Crippen molar-refractivity contribution in [3.63, 3.8) is 0 Å². The Morgan fingerprint density at radius 2 is 1.27 bits per heavy atom. The van der Waals surface area contributed by atoms with Crippen LogP contribution in [0.15, 0.2) is 30.2 Å². The molecule has 0 fully saturated rings. The van der Waals surface area contributed by atoms with Gasteiger partial charge in [0.15, 0.2) is 0 Å². The molecule has 0 aromatic heterocycles. The van der Waals surface area contributed by atoms with E-state index in [0.29, 0.717) is 16.6 Å². The molecule has 0 amide bonds. The highest BCUT2D eigenvalue weighted by atomic mass is 15.3. The SMILES string of the molecule is [2H]c1c([2H])c([2H])c(C[N+](C)(C)CCCCCCCCCCCC)c([2H])c1[2H]. The summed E-state index contributed by atoms with van der Waals surface area (Å²) >= 11 is 0. The van der Waals surface area contributed by atoms with Gasteiger partial charge in [-0.05, 0) is 12.8 Å². The van der Waals surface area contributed by atoms with Crippen molar-refractivity contribution in [1.82, 2.24) is 0 Å². The van der Waals surface area contributed by atoms with Gasteiger partial charge in [-0.1, -0.05) is 88.5 Å². The molecular weight excluding hydrogens is 266 g/mol. The van der Waals surface area contributed by atoms with Crippen molar-refractivity contribution in [2.45, 2.75) is 77.7 Å². The molecule has 1 aromatic carbocycles. The number of hydrogen-bond acceptors (Lipinski definition) is 0. The fourth-order valence-electron chi connectivity index (χ4n) is 2.89. The predicted molar refractivity (Wildman–Crippen MR) is 99.0 cm³/mol. The van der Waals surface area contributed by atoms with Crippen LogP contribution in [0.25, 0.3) is 0 Å². The van der Waals surface area contributed by atoms with Crippen LogP contribution in [0, 0.1) is 0 Å². The largest absolute Gasteiger partial charge is 0.325 e. The van der Waals surface area contributed by atoms with Gasteiger partial charge in [0.25, 0.3) is 0 Å². The number of hydrogen-bond donors (Lipinski definition) is 0. The molecule has 1 heteroatoms. The molecule has 0 atom stereocenters. The fourth-order valence-corrected chi connectivity index (χ4v) is 2.89. The lowest BCUT2D eigenvalue weighted by molar-refractivity contribution is -0.903. The summed E-state index contributed by atoms with van der Waals surface area (Å²) in [5.41, 5.74) is 0.429. The average Bonchev–Trinajstić information content (AvgIpc) is 2.63. The lowest BCUT2D eigenvalue weighted by Crippen LogP contribution is -2.39. The Hall–Kier alpha value is -0.820. The van der Waals surface area contributed by atoms with Crippen molar-refractivity contribution >= 4 is 0 Å². The maximum Gasteiger partial charge on any atom is 0.104 e. The molecule has 1 aromatic rings. The Kier molecular flexibility index (Phi) is 6.70. The van der Waals surface area contributed by atoms with Gasteiger partial charge in [-0.2, -0.15) is 0 Å². The molecule has 0 spiro atoms. The van der Waals surface area contributed by atoms with Crippen LogP contribution in [0.1, 0.15) is 83.5 Å². The summed E-state index contributed by atoms with van der Waals surface area (Å²) in [5, 5.41) is 0. The number of nitrogens with zero attached hydrogens (tertiary/aromatic N) is 1. The van der Waals surface area contributed by atoms with Gasteiger partial charge in [0.2, 0.25) is 0 Å². The first kappa shape index (κ1) is 12.6. The third-order valence-corrected chi connectivity index (χ3v) is 4.25. The van der Waals surface area contributed by atoms with Gasteiger partial charge < -0.3 is 4.48 Å². The topological polar surface area (TPSA) is 0 Å². The van der Waals surface area contributed by atoms with Crippen molar-refractivity contribution in [2.24, 2.45) is 0 Å². The zero-order valence-electron chi connectivity index (χ0n) is 19.9. The van der Waals surface area contributed by atoms with E-state index >= 15 is 0 Å². The number of rotatable bonds is 13. The maximum absolute atomic E-state index is 8.08. The molecule has 0 bridgehead atoms. The Morgan fingerprint density at radius 3 is 1.82 bits per heavy atom. The summed E-state index contributed by atoms with van der Waals surface area (Å²) in [5.74, 6) is 0. The molecule has 0 aliphatic rings. The van der Waals surface area contributed by atoms with Crippen LogP contribution >= 0.6 is 0 Å². The highest BCUT2D eigenvalue weighted by molar-refractivity contribution is 5.13. The highest BCUT2D eigenvalue weighted by Gasteiger charge is 2.14. The number of unbranched alkanes of at least 4 members (excludes halogenated alkanes) is 9. The van der Waals surface area contributed by atoms with E-state index in [1.165, 1.54) is 57.8 Å². The lowest BCUT2D eigenvalue weighted by Gasteiger charge is -2.30. The maximum atomic E-state index is 8.08. The van der Waals surface area contributed by atoms with E-state index in [4.69, 9.17) is 6.85 Å². The van der Waals surface area contributed by atoms with E-state index in [0.717, 1.165) is 13.0 Å². The molecule has 1 rings (SSSR count). The van der Waals surface area contributed by atoms with Crippen LogP contribution < -0.4 is 0 Å². The van der Waals surface area contributed by atoms with Crippen LogP contribution in [-0.2, 0) is 6.54 Å². The van der Waals surface area contributed by atoms with E-state index < -0.39 is 0 Å². The summed E-state index contributed by atoms with van der Waals surface area (Å²) in [6, 6.07) is -0.894. The molecular formula is C21H38N+. The van der Waals surface area contributed by atoms with Gasteiger partial charge in [0.05, 0.1) is 27.5 Å². The van der Waals surface area contributed by atoms with Crippen molar-refractivity contribution in [2.75, 3.05) is 20.6 Å². The highest BCUT2D eigenvalue weighted by Crippen LogP contribution is 2.13. The molecule has 22 heavy (non-hydrogen) atoms. The van der Waals surface area contributed by atoms with Gasteiger partial charge in [0, 0.05) is 5.56 Å². The van der Waals surface area contributed by atoms with Crippen LogP contribution in [0.4, 0.5) is 0 Å². The minimum atomic E-state index is -0.311. The van der Waals surface area contributed by atoms with Crippen LogP contribution in [-0.4, -0.2) is 25.1 Å². The molecule has 0 saturated carbocycles. The number of benzene rings is 1. The molecule has 1 nitrogen and oxygen atoms in total. The predicted octanol–water partition coefficient (Wildman–Crippen LogP) is 6.18. The molecule has 0 N–H and O–H groups in total. The summed E-state index contributed by atoms with van der Waals surface area (Å²) in [7, 11) is 4.16. The minimum absolute atomic E-state index is 0.0599. The second-order valence-electron chi connectivity index (χ2n) is 7.10. The fraction of sp³-hybridized carbons (Fsp3) is 0.714. The van der Waals surface area contributed by atoms with E-state index in [9.17, 15) is 0 Å². The van der Waals surface area contributed by atoms with Crippen molar-refractivity contribution in [3.05, 3.63) is 35.8 Å². The Bertz CT molecular complexity index is 557. The number of quaternary nitrogens is 1. The van der Waals surface area contributed by atoms with Crippen molar-refractivity contribution in [1.29, 1.82) is 0 Å². The Morgan fingerprint density at radius 1 is 0.773 bits per heavy atom. The Labute approximate surface area is 146 Å². The van der Waals surface area contributed by atoms with Crippen molar-refractivity contribution < 1.29 is 11.3 Å². The van der Waals surface area contributed by atoms with Gasteiger partial charge >= 0.3 is 0 Å². The first-order valence-corrected chi connectivity index (χ1v) is 9.09. The quantitative estimate of drug-likeness (QED) is 0.301. The summed E-state index contributed by atoms with van der Waals surface area (Å²) in [6.07, 6.45) is 13.0. The summed E-state index contributed by atoms with van der Waals surface area (Å²) in [6.45, 7) is 3.67. The van der Waals surface area contributed by atoms with Gasteiger partial charge in [0.1, 0.15) is 6.54 Å². The zero-order valence-corrected chi connectivity index (χ0v) is 14.9.